The number of para-hydroxylation sites is 1. The minimum absolute atomic E-state index is 0.0990. The first-order valence-electron chi connectivity index (χ1n) is 8.49. The van der Waals surface area contributed by atoms with E-state index in [1.165, 1.54) is 16.3 Å². The van der Waals surface area contributed by atoms with Crippen molar-refractivity contribution in [2.75, 3.05) is 0 Å². The van der Waals surface area contributed by atoms with Crippen LogP contribution in [0.3, 0.4) is 0 Å². The number of furan rings is 1. The fraction of sp³-hybridized carbons (Fsp3) is 0.182. The Balaban J connectivity index is 2.05. The molecule has 2 aromatic heterocycles. The van der Waals surface area contributed by atoms with E-state index < -0.39 is 0 Å². The molecular formula is C22H18ClNO. The van der Waals surface area contributed by atoms with E-state index in [1.807, 2.05) is 24.3 Å². The van der Waals surface area contributed by atoms with Crippen LogP contribution in [0, 0.1) is 0 Å². The van der Waals surface area contributed by atoms with E-state index in [-0.39, 0.29) is 5.41 Å². The van der Waals surface area contributed by atoms with Gasteiger partial charge in [0.25, 0.3) is 0 Å². The number of hydrogen-bond donors (Lipinski definition) is 1. The van der Waals surface area contributed by atoms with Gasteiger partial charge in [-0.15, -0.1) is 0 Å². The average Bonchev–Trinajstić information content (AvgIpc) is 3.11. The standard InChI is InChI=1S/C22H18ClNO/c1-22(2,3)12-8-9-16-14(10-12)19-17(24-16)11-15(23)21-20(19)13-6-4-5-7-18(13)25-21/h4-11,24H,1-3H3. The van der Waals surface area contributed by atoms with Crippen LogP contribution in [0.2, 0.25) is 5.02 Å². The number of aromatic nitrogens is 1. The van der Waals surface area contributed by atoms with Crippen molar-refractivity contribution in [2.45, 2.75) is 26.2 Å². The van der Waals surface area contributed by atoms with Gasteiger partial charge in [0.1, 0.15) is 5.58 Å². The number of H-pyrrole nitrogens is 1. The largest absolute Gasteiger partial charge is 0.454 e. The molecule has 0 spiro atoms. The topological polar surface area (TPSA) is 28.9 Å². The zero-order valence-corrected chi connectivity index (χ0v) is 15.2. The zero-order chi connectivity index (χ0) is 17.3. The Kier molecular flexibility index (Phi) is 2.85. The molecule has 1 N–H and O–H groups in total. The second-order valence-corrected chi connectivity index (χ2v) is 8.13. The van der Waals surface area contributed by atoms with E-state index in [1.54, 1.807) is 0 Å². The van der Waals surface area contributed by atoms with Crippen LogP contribution >= 0.6 is 11.6 Å². The van der Waals surface area contributed by atoms with E-state index in [0.717, 1.165) is 33.0 Å². The summed E-state index contributed by atoms with van der Waals surface area (Å²) in [4.78, 5) is 3.52. The van der Waals surface area contributed by atoms with Gasteiger partial charge in [-0.3, -0.25) is 0 Å². The number of nitrogens with one attached hydrogen (secondary N) is 1. The highest BCUT2D eigenvalue weighted by atomic mass is 35.5. The quantitative estimate of drug-likeness (QED) is 0.316. The third-order valence-electron chi connectivity index (χ3n) is 5.03. The maximum Gasteiger partial charge on any atom is 0.154 e. The molecule has 0 aliphatic heterocycles. The summed E-state index contributed by atoms with van der Waals surface area (Å²) in [6, 6.07) is 16.8. The van der Waals surface area contributed by atoms with Gasteiger partial charge in [-0.2, -0.15) is 0 Å². The van der Waals surface area contributed by atoms with Crippen LogP contribution in [0.15, 0.2) is 52.9 Å². The third-order valence-corrected chi connectivity index (χ3v) is 5.31. The van der Waals surface area contributed by atoms with Crippen LogP contribution in [0.25, 0.3) is 43.7 Å². The first kappa shape index (κ1) is 14.9. The first-order chi connectivity index (χ1) is 11.9. The highest BCUT2D eigenvalue weighted by Crippen LogP contribution is 2.42. The van der Waals surface area contributed by atoms with Gasteiger partial charge >= 0.3 is 0 Å². The fourth-order valence-corrected chi connectivity index (χ4v) is 3.95. The van der Waals surface area contributed by atoms with Crippen LogP contribution in [0.4, 0.5) is 0 Å². The molecule has 5 rings (SSSR count). The summed E-state index contributed by atoms with van der Waals surface area (Å²) in [6.45, 7) is 6.72. The van der Waals surface area contributed by atoms with E-state index >= 15 is 0 Å². The van der Waals surface area contributed by atoms with Gasteiger partial charge in [-0.05, 0) is 35.2 Å². The number of halogens is 1. The van der Waals surface area contributed by atoms with Crippen LogP contribution in [0.5, 0.6) is 0 Å². The predicted molar refractivity (Wildman–Crippen MR) is 107 cm³/mol. The van der Waals surface area contributed by atoms with Crippen LogP contribution in [-0.4, -0.2) is 4.98 Å². The summed E-state index contributed by atoms with van der Waals surface area (Å²) in [5.41, 5.74) is 5.21. The highest BCUT2D eigenvalue weighted by Gasteiger charge is 2.19. The van der Waals surface area contributed by atoms with Gasteiger partial charge in [0, 0.05) is 32.6 Å². The molecule has 0 saturated carbocycles. The monoisotopic (exact) mass is 347 g/mol. The molecule has 0 saturated heterocycles. The number of rotatable bonds is 0. The van der Waals surface area contributed by atoms with Crippen molar-refractivity contribution >= 4 is 55.3 Å². The van der Waals surface area contributed by atoms with Gasteiger partial charge in [-0.25, -0.2) is 0 Å². The Labute approximate surface area is 150 Å². The lowest BCUT2D eigenvalue weighted by atomic mass is 9.86. The van der Waals surface area contributed by atoms with Gasteiger partial charge in [0.05, 0.1) is 5.02 Å². The third kappa shape index (κ3) is 2.04. The summed E-state index contributed by atoms with van der Waals surface area (Å²) < 4.78 is 6.06. The van der Waals surface area contributed by atoms with Crippen molar-refractivity contribution in [3.8, 4) is 0 Å². The number of hydrogen-bond acceptors (Lipinski definition) is 1. The summed E-state index contributed by atoms with van der Waals surface area (Å²) in [7, 11) is 0. The zero-order valence-electron chi connectivity index (χ0n) is 14.4. The molecule has 3 aromatic carbocycles. The minimum Gasteiger partial charge on any atom is -0.454 e. The molecule has 0 bridgehead atoms. The van der Waals surface area contributed by atoms with Crippen molar-refractivity contribution in [3.05, 3.63) is 59.1 Å². The lowest BCUT2D eigenvalue weighted by molar-refractivity contribution is 0.591. The Bertz CT molecular complexity index is 1280. The maximum atomic E-state index is 6.53. The van der Waals surface area contributed by atoms with Crippen molar-refractivity contribution in [2.24, 2.45) is 0 Å². The number of benzene rings is 3. The minimum atomic E-state index is 0.0990. The summed E-state index contributed by atoms with van der Waals surface area (Å²) in [5.74, 6) is 0. The van der Waals surface area contributed by atoms with E-state index in [9.17, 15) is 0 Å². The molecule has 2 nitrogen and oxygen atoms in total. The SMILES string of the molecule is CC(C)(C)c1ccc2[nH]c3cc(Cl)c4oc5ccccc5c4c3c2c1. The molecule has 5 aromatic rings. The molecule has 124 valence electrons. The molecule has 0 aliphatic carbocycles. The first-order valence-corrected chi connectivity index (χ1v) is 8.87. The van der Waals surface area contributed by atoms with Crippen molar-refractivity contribution < 1.29 is 4.42 Å². The smallest absolute Gasteiger partial charge is 0.154 e. The molecule has 0 radical (unpaired) electrons. The molecule has 2 heterocycles. The second kappa shape index (κ2) is 4.80. The normalized spacial score (nSPS) is 12.8. The van der Waals surface area contributed by atoms with Crippen molar-refractivity contribution in [1.29, 1.82) is 0 Å². The Morgan fingerprint density at radius 2 is 1.68 bits per heavy atom. The molecule has 3 heteroatoms. The van der Waals surface area contributed by atoms with E-state index in [0.29, 0.717) is 5.02 Å². The lowest BCUT2D eigenvalue weighted by Crippen LogP contribution is -2.10. The Morgan fingerprint density at radius 3 is 2.48 bits per heavy atom. The van der Waals surface area contributed by atoms with Gasteiger partial charge in [-0.1, -0.05) is 56.6 Å². The molecular weight excluding hydrogens is 330 g/mol. The van der Waals surface area contributed by atoms with E-state index in [2.05, 4.69) is 50.0 Å². The number of fused-ring (bicyclic) bond motifs is 7. The summed E-state index contributed by atoms with van der Waals surface area (Å²) in [5, 5.41) is 5.24. The Morgan fingerprint density at radius 1 is 0.880 bits per heavy atom. The Hall–Kier alpha value is -2.45. The maximum absolute atomic E-state index is 6.53. The van der Waals surface area contributed by atoms with Crippen molar-refractivity contribution in [1.82, 2.24) is 4.98 Å². The second-order valence-electron chi connectivity index (χ2n) is 7.72. The molecule has 0 aliphatic rings. The lowest BCUT2D eigenvalue weighted by Gasteiger charge is -2.18. The van der Waals surface area contributed by atoms with Gasteiger partial charge in [0.15, 0.2) is 5.58 Å². The van der Waals surface area contributed by atoms with Crippen LogP contribution in [-0.2, 0) is 5.41 Å². The van der Waals surface area contributed by atoms with Crippen LogP contribution < -0.4 is 0 Å². The van der Waals surface area contributed by atoms with E-state index in [4.69, 9.17) is 16.0 Å². The number of aromatic amines is 1. The predicted octanol–water partition coefficient (Wildman–Crippen LogP) is 7.17. The van der Waals surface area contributed by atoms with Crippen molar-refractivity contribution in [3.63, 3.8) is 0 Å². The summed E-state index contributed by atoms with van der Waals surface area (Å²) >= 11 is 6.53. The molecule has 25 heavy (non-hydrogen) atoms. The van der Waals surface area contributed by atoms with Gasteiger partial charge < -0.3 is 9.40 Å². The highest BCUT2D eigenvalue weighted by molar-refractivity contribution is 6.40. The average molecular weight is 348 g/mol. The fourth-order valence-electron chi connectivity index (χ4n) is 3.71. The van der Waals surface area contributed by atoms with Crippen LogP contribution in [0.1, 0.15) is 26.3 Å². The molecule has 0 fully saturated rings. The molecule has 0 amide bonds. The molecule has 0 unspecified atom stereocenters. The van der Waals surface area contributed by atoms with Gasteiger partial charge in [0.2, 0.25) is 0 Å². The summed E-state index contributed by atoms with van der Waals surface area (Å²) in [6.07, 6.45) is 0. The molecule has 0 atom stereocenters.